The van der Waals surface area contributed by atoms with Crippen molar-refractivity contribution in [1.82, 2.24) is 0 Å². The minimum atomic E-state index is -1.37. The Balaban J connectivity index is 0.000000411. The molecule has 0 amide bonds. The first-order valence-electron chi connectivity index (χ1n) is 4.66. The molecule has 1 nitrogen and oxygen atoms in total. The Morgan fingerprint density at radius 1 is 0.667 bits per heavy atom. The van der Waals surface area contributed by atoms with Crippen LogP contribution in [0.3, 0.4) is 0 Å². The van der Waals surface area contributed by atoms with Crippen molar-refractivity contribution < 1.29 is 3.08 Å². The van der Waals surface area contributed by atoms with Crippen LogP contribution in [0.15, 0.2) is 0 Å². The molecule has 0 heterocycles. The molecular formula is C10H10Cl6OSn. The number of halogens is 6. The summed E-state index contributed by atoms with van der Waals surface area (Å²) in [7, 11) is 0. The molecule has 0 atom stereocenters. The zero-order valence-corrected chi connectivity index (χ0v) is 17.6. The van der Waals surface area contributed by atoms with Gasteiger partial charge in [0.15, 0.2) is 0 Å². The Labute approximate surface area is 147 Å². The minimum Gasteiger partial charge on any atom is -0.0810 e. The largest absolute Gasteiger partial charge is 0.0810 e. The SMILES string of the molecule is C[C](C)(C)[SnH]=[O].Clc1c(Cl)c(Cl)c(Cl)c(Cl)c1Cl. The van der Waals surface area contributed by atoms with Gasteiger partial charge >= 0.3 is 48.4 Å². The number of hydrogen-bond acceptors (Lipinski definition) is 1. The Morgan fingerprint density at radius 3 is 0.833 bits per heavy atom. The average molecular weight is 478 g/mol. The number of benzene rings is 1. The van der Waals surface area contributed by atoms with E-state index in [1.165, 1.54) is 0 Å². The molecule has 0 spiro atoms. The first-order chi connectivity index (χ1) is 8.02. The zero-order chi connectivity index (χ0) is 14.7. The fraction of sp³-hybridized carbons (Fsp3) is 0.400. The molecule has 1 aromatic carbocycles. The first kappa shape index (κ1) is 19.6. The summed E-state index contributed by atoms with van der Waals surface area (Å²) < 4.78 is 10.3. The van der Waals surface area contributed by atoms with Crippen molar-refractivity contribution in [2.75, 3.05) is 0 Å². The molecule has 0 unspecified atom stereocenters. The summed E-state index contributed by atoms with van der Waals surface area (Å²) in [6, 6.07) is 0. The van der Waals surface area contributed by atoms with Crippen LogP contribution in [0.2, 0.25) is 33.6 Å². The molecular weight excluding hydrogens is 468 g/mol. The van der Waals surface area contributed by atoms with Crippen molar-refractivity contribution in [2.45, 2.75) is 24.2 Å². The summed E-state index contributed by atoms with van der Waals surface area (Å²) in [6.07, 6.45) is 0. The maximum absolute atomic E-state index is 10.1. The first-order valence-corrected chi connectivity index (χ1v) is 9.92. The predicted molar refractivity (Wildman–Crippen MR) is 84.1 cm³/mol. The van der Waals surface area contributed by atoms with E-state index in [9.17, 15) is 3.08 Å². The average Bonchev–Trinajstić information content (AvgIpc) is 2.31. The van der Waals surface area contributed by atoms with Gasteiger partial charge in [-0.2, -0.15) is 0 Å². The monoisotopic (exact) mass is 476 g/mol. The van der Waals surface area contributed by atoms with Crippen molar-refractivity contribution in [1.29, 1.82) is 0 Å². The molecule has 0 bridgehead atoms. The van der Waals surface area contributed by atoms with E-state index in [1.54, 1.807) is 0 Å². The number of hydrogen-bond donors (Lipinski definition) is 0. The van der Waals surface area contributed by atoms with Crippen LogP contribution in [-0.2, 0) is 3.08 Å². The van der Waals surface area contributed by atoms with Gasteiger partial charge in [-0.05, 0) is 0 Å². The van der Waals surface area contributed by atoms with Crippen molar-refractivity contribution in [3.8, 4) is 0 Å². The van der Waals surface area contributed by atoms with Gasteiger partial charge in [0.25, 0.3) is 0 Å². The summed E-state index contributed by atoms with van der Waals surface area (Å²) in [5.74, 6) is 0. The molecule has 8 heteroatoms. The molecule has 0 N–H and O–H groups in total. The normalized spacial score (nSPS) is 10.7. The van der Waals surface area contributed by atoms with Crippen LogP contribution in [0.5, 0.6) is 0 Å². The van der Waals surface area contributed by atoms with Crippen LogP contribution in [0.4, 0.5) is 0 Å². The van der Waals surface area contributed by atoms with E-state index in [4.69, 9.17) is 69.6 Å². The third kappa shape index (κ3) is 5.90. The van der Waals surface area contributed by atoms with E-state index in [1.807, 2.05) is 20.8 Å². The van der Waals surface area contributed by atoms with Crippen LogP contribution in [0, 0.1) is 0 Å². The van der Waals surface area contributed by atoms with Crippen molar-refractivity contribution in [3.05, 3.63) is 30.1 Å². The van der Waals surface area contributed by atoms with Gasteiger partial charge in [-0.1, -0.05) is 69.6 Å². The van der Waals surface area contributed by atoms with Gasteiger partial charge in [-0.3, -0.25) is 0 Å². The second kappa shape index (κ2) is 8.11. The summed E-state index contributed by atoms with van der Waals surface area (Å²) in [5.41, 5.74) is 0. The molecule has 0 radical (unpaired) electrons. The molecule has 18 heavy (non-hydrogen) atoms. The molecule has 0 aliphatic rings. The maximum Gasteiger partial charge on any atom is 0.0810 e. The van der Waals surface area contributed by atoms with E-state index in [0.717, 1.165) is 0 Å². The Morgan fingerprint density at radius 2 is 0.778 bits per heavy atom. The molecule has 0 fully saturated rings. The van der Waals surface area contributed by atoms with E-state index in [2.05, 4.69) is 0 Å². The van der Waals surface area contributed by atoms with Crippen LogP contribution >= 0.6 is 69.6 Å². The fourth-order valence-corrected chi connectivity index (χ4v) is 2.00. The van der Waals surface area contributed by atoms with E-state index in [0.29, 0.717) is 0 Å². The van der Waals surface area contributed by atoms with Crippen molar-refractivity contribution >= 4 is 90.7 Å². The van der Waals surface area contributed by atoms with Crippen LogP contribution in [-0.4, -0.2) is 21.1 Å². The van der Waals surface area contributed by atoms with E-state index < -0.39 is 21.1 Å². The third-order valence-corrected chi connectivity index (χ3v) is 6.38. The molecule has 0 saturated carbocycles. The molecule has 0 aliphatic heterocycles. The van der Waals surface area contributed by atoms with Crippen LogP contribution in [0.1, 0.15) is 20.8 Å². The number of rotatable bonds is 0. The standard InChI is InChI=1S/C6Cl6.C4H9.O.Sn.H/c7-1-2(8)4(10)6(12)5(11)3(1)9;1-4(2)3;;;/h;1-3H3;;;. The van der Waals surface area contributed by atoms with Gasteiger partial charge in [0, 0.05) is 0 Å². The zero-order valence-electron chi connectivity index (χ0n) is 9.75. The van der Waals surface area contributed by atoms with Crippen LogP contribution < -0.4 is 0 Å². The molecule has 1 aromatic rings. The van der Waals surface area contributed by atoms with Gasteiger partial charge in [0.05, 0.1) is 30.1 Å². The van der Waals surface area contributed by atoms with Crippen molar-refractivity contribution in [2.24, 2.45) is 0 Å². The maximum atomic E-state index is 10.1. The Kier molecular flexibility index (Phi) is 8.81. The summed E-state index contributed by atoms with van der Waals surface area (Å²) >= 11 is 32.6. The van der Waals surface area contributed by atoms with E-state index >= 15 is 0 Å². The molecule has 102 valence electrons. The van der Waals surface area contributed by atoms with Gasteiger partial charge < -0.3 is 0 Å². The second-order valence-electron chi connectivity index (χ2n) is 4.37. The summed E-state index contributed by atoms with van der Waals surface area (Å²) in [4.78, 5) is 0. The molecule has 0 saturated heterocycles. The van der Waals surface area contributed by atoms with Gasteiger partial charge in [-0.15, -0.1) is 0 Å². The summed E-state index contributed by atoms with van der Waals surface area (Å²) in [6.45, 7) is 6.04. The van der Waals surface area contributed by atoms with Gasteiger partial charge in [-0.25, -0.2) is 0 Å². The third-order valence-electron chi connectivity index (χ3n) is 1.51. The molecule has 0 aromatic heterocycles. The summed E-state index contributed by atoms with van der Waals surface area (Å²) in [5, 5.41) is 0.654. The van der Waals surface area contributed by atoms with E-state index in [-0.39, 0.29) is 33.6 Å². The van der Waals surface area contributed by atoms with Gasteiger partial charge in [0.2, 0.25) is 0 Å². The van der Waals surface area contributed by atoms with Crippen LogP contribution in [0.25, 0.3) is 0 Å². The predicted octanol–water partition coefficient (Wildman–Crippen LogP) is 6.59. The van der Waals surface area contributed by atoms with Gasteiger partial charge in [0.1, 0.15) is 0 Å². The second-order valence-corrected chi connectivity index (χ2v) is 12.3. The smallest absolute Gasteiger partial charge is 0.0810 e. The fourth-order valence-electron chi connectivity index (χ4n) is 0.578. The Bertz CT molecular complexity index is 350. The molecule has 1 rings (SSSR count). The minimum absolute atomic E-state index is 0.109. The Hall–Kier alpha value is 1.56. The van der Waals surface area contributed by atoms with Crippen molar-refractivity contribution in [3.63, 3.8) is 0 Å². The quantitative estimate of drug-likeness (QED) is 0.234. The topological polar surface area (TPSA) is 17.1 Å². The molecule has 0 aliphatic carbocycles.